The van der Waals surface area contributed by atoms with Crippen molar-refractivity contribution in [3.63, 3.8) is 0 Å². The van der Waals surface area contributed by atoms with E-state index in [0.717, 1.165) is 47.7 Å². The molecule has 0 radical (unpaired) electrons. The normalized spacial score (nSPS) is 30.2. The molecule has 306 valence electrons. The number of nitrogens with one attached hydrogen (secondary N) is 1. The third kappa shape index (κ3) is 9.04. The second kappa shape index (κ2) is 17.6. The van der Waals surface area contributed by atoms with Crippen LogP contribution in [0.1, 0.15) is 124 Å². The highest BCUT2D eigenvalue weighted by atomic mass is 127. The number of hydrogen-bond donors (Lipinski definition) is 2. The molecule has 4 heterocycles. The fourth-order valence-electron chi connectivity index (χ4n) is 9.23. The minimum Gasteiger partial charge on any atom is -0.460 e. The van der Waals surface area contributed by atoms with Gasteiger partial charge in [-0.25, -0.2) is 0 Å². The number of hydrogen-bond acceptors (Lipinski definition) is 11. The van der Waals surface area contributed by atoms with Crippen molar-refractivity contribution >= 4 is 46.3 Å². The van der Waals surface area contributed by atoms with Crippen LogP contribution < -0.4 is 5.32 Å². The molecule has 0 spiro atoms. The molecule has 13 nitrogen and oxygen atoms in total. The van der Waals surface area contributed by atoms with Crippen LogP contribution in [0.4, 0.5) is 0 Å². The Kier molecular flexibility index (Phi) is 13.5. The molecule has 5 fully saturated rings. The monoisotopic (exact) mass is 881 g/mol. The summed E-state index contributed by atoms with van der Waals surface area (Å²) in [7, 11) is 0. The van der Waals surface area contributed by atoms with E-state index in [9.17, 15) is 19.5 Å². The second-order valence-electron chi connectivity index (χ2n) is 17.0. The van der Waals surface area contributed by atoms with Crippen molar-refractivity contribution in [2.24, 2.45) is 5.41 Å². The number of aliphatic hydroxyl groups is 1. The summed E-state index contributed by atoms with van der Waals surface area (Å²) in [5.41, 5.74) is -1.13. The van der Waals surface area contributed by atoms with E-state index >= 15 is 4.79 Å². The number of benzene rings is 1. The third-order valence-electron chi connectivity index (χ3n) is 11.7. The lowest BCUT2D eigenvalue weighted by molar-refractivity contribution is -0.225. The summed E-state index contributed by atoms with van der Waals surface area (Å²) < 4.78 is 26.6. The van der Waals surface area contributed by atoms with Gasteiger partial charge in [0.1, 0.15) is 41.5 Å². The highest BCUT2D eigenvalue weighted by Gasteiger charge is 2.77. The summed E-state index contributed by atoms with van der Waals surface area (Å²) in [6.07, 6.45) is 5.87. The van der Waals surface area contributed by atoms with Crippen LogP contribution >= 0.6 is 22.6 Å². The van der Waals surface area contributed by atoms with Crippen molar-refractivity contribution in [2.45, 2.75) is 179 Å². The molecule has 4 saturated heterocycles. The van der Waals surface area contributed by atoms with Crippen molar-refractivity contribution in [3.05, 3.63) is 33.4 Å². The zero-order valence-electron chi connectivity index (χ0n) is 33.1. The largest absolute Gasteiger partial charge is 0.460 e. The molecule has 1 saturated carbocycles. The number of aliphatic hydroxyl groups excluding tert-OH is 1. The van der Waals surface area contributed by atoms with Crippen LogP contribution in [-0.4, -0.2) is 106 Å². The number of fused-ring (bicyclic) bond motifs is 4. The second-order valence-corrected chi connectivity index (χ2v) is 18.3. The third-order valence-corrected chi connectivity index (χ3v) is 12.4. The average Bonchev–Trinajstić information content (AvgIpc) is 3.85. The topological polar surface area (TPSA) is 153 Å². The van der Waals surface area contributed by atoms with Gasteiger partial charge in [0.25, 0.3) is 0 Å². The van der Waals surface area contributed by atoms with Crippen molar-refractivity contribution in [2.75, 3.05) is 13.2 Å². The van der Waals surface area contributed by atoms with Crippen molar-refractivity contribution in [3.8, 4) is 0 Å². The maximum absolute atomic E-state index is 15.4. The van der Waals surface area contributed by atoms with Gasteiger partial charge in [-0.15, -0.1) is 0 Å². The van der Waals surface area contributed by atoms with E-state index in [1.165, 1.54) is 0 Å². The van der Waals surface area contributed by atoms with Crippen LogP contribution in [0.15, 0.2) is 24.3 Å². The molecule has 0 aromatic heterocycles. The highest BCUT2D eigenvalue weighted by Crippen LogP contribution is 2.59. The quantitative estimate of drug-likeness (QED) is 0.119. The van der Waals surface area contributed by atoms with Crippen LogP contribution in [0, 0.1) is 8.99 Å². The summed E-state index contributed by atoms with van der Waals surface area (Å²) in [6.45, 7) is 9.84. The number of carbonyl (C=O) groups excluding carboxylic acids is 4. The predicted molar refractivity (Wildman–Crippen MR) is 210 cm³/mol. The van der Waals surface area contributed by atoms with E-state index < -0.39 is 77.2 Å². The van der Waals surface area contributed by atoms with Crippen LogP contribution in [0.25, 0.3) is 0 Å². The Morgan fingerprint density at radius 1 is 1.07 bits per heavy atom. The average molecular weight is 882 g/mol. The maximum Gasteiger partial charge on any atom is 0.327 e. The molecular weight excluding hydrogens is 821 g/mol. The molecule has 2 bridgehead atoms. The summed E-state index contributed by atoms with van der Waals surface area (Å²) in [4.78, 5) is 64.4. The zero-order chi connectivity index (χ0) is 39.5. The van der Waals surface area contributed by atoms with Crippen molar-refractivity contribution in [1.29, 1.82) is 0 Å². The molecule has 4 aliphatic heterocycles. The van der Waals surface area contributed by atoms with Gasteiger partial charge >= 0.3 is 11.9 Å². The molecule has 1 aliphatic carbocycles. The first kappa shape index (κ1) is 42.2. The molecule has 2 amide bonds. The molecule has 1 aromatic rings. The molecule has 55 heavy (non-hydrogen) atoms. The van der Waals surface area contributed by atoms with Gasteiger partial charge in [0.05, 0.1) is 19.2 Å². The van der Waals surface area contributed by atoms with Gasteiger partial charge in [-0.3, -0.25) is 24.0 Å². The summed E-state index contributed by atoms with van der Waals surface area (Å²) in [6, 6.07) is 5.30. The number of amides is 2. The number of ether oxygens (including phenoxy) is 4. The smallest absolute Gasteiger partial charge is 0.327 e. The van der Waals surface area contributed by atoms with E-state index in [-0.39, 0.29) is 38.3 Å². The minimum absolute atomic E-state index is 0.0166. The molecule has 14 heteroatoms. The summed E-state index contributed by atoms with van der Waals surface area (Å²) >= 11 is 2.25. The van der Waals surface area contributed by atoms with Gasteiger partial charge in [0.2, 0.25) is 11.8 Å². The molecule has 5 aliphatic rings. The van der Waals surface area contributed by atoms with Gasteiger partial charge in [-0.05, 0) is 93.2 Å². The van der Waals surface area contributed by atoms with Crippen LogP contribution in [0.2, 0.25) is 0 Å². The van der Waals surface area contributed by atoms with Gasteiger partial charge < -0.3 is 34.3 Å². The number of likely N-dealkylation sites (tertiary alicyclic amines) is 1. The Morgan fingerprint density at radius 3 is 2.44 bits per heavy atom. The molecule has 8 atom stereocenters. The fraction of sp³-hybridized carbons (Fsp3) is 0.756. The van der Waals surface area contributed by atoms with Crippen LogP contribution in [0.3, 0.4) is 0 Å². The van der Waals surface area contributed by atoms with Gasteiger partial charge in [0, 0.05) is 35.8 Å². The molecular formula is C41H60IN3O10. The highest BCUT2D eigenvalue weighted by molar-refractivity contribution is 14.1. The number of halogens is 1. The number of hydroxylamine groups is 2. The first-order valence-electron chi connectivity index (χ1n) is 20.4. The zero-order valence-corrected chi connectivity index (χ0v) is 35.2. The Balaban J connectivity index is 1.29. The number of carbonyl (C=O) groups is 4. The molecule has 2 N–H and O–H groups in total. The van der Waals surface area contributed by atoms with E-state index in [0.29, 0.717) is 32.2 Å². The van der Waals surface area contributed by atoms with E-state index in [2.05, 4.69) is 41.8 Å². The Hall–Kier alpha value is -2.37. The standard InChI is InChI=1S/C41H60IN3O10/c1-6-8-10-19-40(20-11-9-7-2)53-32-30-23-41(34(37(49)51-30)45(55-35(41)33(32)54-40)24-26-14-12-15-27(42)22-26)38(50)44-21-13-16-29(44)36(48)43-28(25-46)17-18-31(47)52-39(3,4)5/h12,14-15,22,28-30,32-35,46H,6-11,13,16-21,23-25H2,1-5H3,(H,43,48). The SMILES string of the molecule is CCCCCC1(CCCCC)OC2C3CC4(C(=O)N5CCCC5C(=O)NC(CO)CCC(=O)OC(C)(C)C)C(ON(Cc5cccc(I)c5)C4C(=O)O3)C2O1. The number of unbranched alkanes of at least 4 members (excludes halogenated alkanes) is 4. The molecule has 8 unspecified atom stereocenters. The number of nitrogens with zero attached hydrogens (tertiary/aromatic N) is 2. The lowest BCUT2D eigenvalue weighted by Gasteiger charge is -2.50. The van der Waals surface area contributed by atoms with Crippen LogP contribution in [0.5, 0.6) is 0 Å². The van der Waals surface area contributed by atoms with E-state index in [4.69, 9.17) is 23.8 Å². The Morgan fingerprint density at radius 2 is 1.78 bits per heavy atom. The lowest BCUT2D eigenvalue weighted by Crippen LogP contribution is -2.70. The van der Waals surface area contributed by atoms with E-state index in [1.54, 1.807) is 30.7 Å². The predicted octanol–water partition coefficient (Wildman–Crippen LogP) is 5.32. The van der Waals surface area contributed by atoms with Gasteiger partial charge in [-0.2, -0.15) is 5.06 Å². The molecule has 1 aromatic carbocycles. The van der Waals surface area contributed by atoms with Crippen molar-refractivity contribution in [1.82, 2.24) is 15.3 Å². The minimum atomic E-state index is -1.40. The van der Waals surface area contributed by atoms with Gasteiger partial charge in [0.15, 0.2) is 11.8 Å². The Bertz CT molecular complexity index is 1540. The molecule has 6 rings (SSSR count). The number of esters is 2. The maximum atomic E-state index is 15.4. The first-order chi connectivity index (χ1) is 26.2. The Labute approximate surface area is 338 Å². The first-order valence-corrected chi connectivity index (χ1v) is 21.5. The van der Waals surface area contributed by atoms with Gasteiger partial charge in [-0.1, -0.05) is 51.7 Å². The fourth-order valence-corrected chi connectivity index (χ4v) is 9.84. The number of rotatable bonds is 17. The summed E-state index contributed by atoms with van der Waals surface area (Å²) in [5.74, 6) is -2.60. The van der Waals surface area contributed by atoms with E-state index in [1.807, 2.05) is 24.3 Å². The summed E-state index contributed by atoms with van der Waals surface area (Å²) in [5, 5.41) is 14.6. The van der Waals surface area contributed by atoms with Crippen molar-refractivity contribution < 1.29 is 48.1 Å². The lowest BCUT2D eigenvalue weighted by atomic mass is 9.62. The van der Waals surface area contributed by atoms with Crippen LogP contribution in [-0.2, 0) is 49.5 Å².